The van der Waals surface area contributed by atoms with Crippen LogP contribution in [0, 0.1) is 0 Å². The molecule has 0 bridgehead atoms. The average Bonchev–Trinajstić information content (AvgIpc) is 3.19. The van der Waals surface area contributed by atoms with Crippen molar-refractivity contribution in [1.82, 2.24) is 15.3 Å². The molecule has 4 rings (SSSR count). The van der Waals surface area contributed by atoms with Crippen LogP contribution in [0.5, 0.6) is 5.75 Å². The van der Waals surface area contributed by atoms with E-state index >= 15 is 0 Å². The fraction of sp³-hybridized carbons (Fsp3) is 0.130. The Bertz CT molecular complexity index is 1110. The van der Waals surface area contributed by atoms with Gasteiger partial charge in [-0.15, -0.1) is 0 Å². The number of aromatic nitrogens is 2. The molecule has 1 atom stereocenters. The highest BCUT2D eigenvalue weighted by Crippen LogP contribution is 2.30. The van der Waals surface area contributed by atoms with Gasteiger partial charge in [-0.1, -0.05) is 30.3 Å². The summed E-state index contributed by atoms with van der Waals surface area (Å²) in [5, 5.41) is 6.98. The molecular formula is C23H22N4O2. The Morgan fingerprint density at radius 3 is 2.86 bits per heavy atom. The number of aromatic amines is 1. The summed E-state index contributed by atoms with van der Waals surface area (Å²) in [6.07, 6.45) is 5.59. The monoisotopic (exact) mass is 386 g/mol. The minimum atomic E-state index is -0.271. The number of benzene rings is 2. The van der Waals surface area contributed by atoms with Gasteiger partial charge in [0.25, 0.3) is 0 Å². The number of fused-ring (bicyclic) bond motifs is 1. The Morgan fingerprint density at radius 2 is 2.03 bits per heavy atom. The molecule has 6 heteroatoms. The molecule has 3 N–H and O–H groups in total. The number of amides is 2. The molecular weight excluding hydrogens is 364 g/mol. The Morgan fingerprint density at radius 1 is 1.14 bits per heavy atom. The Hall–Kier alpha value is -3.80. The van der Waals surface area contributed by atoms with E-state index in [1.165, 1.54) is 0 Å². The summed E-state index contributed by atoms with van der Waals surface area (Å²) < 4.78 is 5.20. The van der Waals surface area contributed by atoms with Crippen LogP contribution in [0.1, 0.15) is 17.0 Å². The van der Waals surface area contributed by atoms with Crippen LogP contribution >= 0.6 is 0 Å². The number of anilines is 1. The molecule has 0 saturated heterocycles. The van der Waals surface area contributed by atoms with Gasteiger partial charge in [-0.2, -0.15) is 0 Å². The van der Waals surface area contributed by atoms with Crippen LogP contribution in [0.2, 0.25) is 0 Å². The minimum absolute atomic E-state index is 0.0316. The normalized spacial score (nSPS) is 11.8. The van der Waals surface area contributed by atoms with Crippen molar-refractivity contribution >= 4 is 22.6 Å². The topological polar surface area (TPSA) is 79.0 Å². The van der Waals surface area contributed by atoms with Gasteiger partial charge < -0.3 is 20.4 Å². The number of hydrogen-bond donors (Lipinski definition) is 3. The fourth-order valence-corrected chi connectivity index (χ4v) is 3.44. The number of carbonyl (C=O) groups excluding carboxylic acids is 1. The summed E-state index contributed by atoms with van der Waals surface area (Å²) in [6, 6.07) is 19.1. The fourth-order valence-electron chi connectivity index (χ4n) is 3.44. The van der Waals surface area contributed by atoms with Crippen LogP contribution in [0.3, 0.4) is 0 Å². The number of urea groups is 1. The maximum Gasteiger partial charge on any atom is 0.319 e. The summed E-state index contributed by atoms with van der Waals surface area (Å²) in [7, 11) is 1.60. The molecule has 2 aromatic heterocycles. The van der Waals surface area contributed by atoms with E-state index in [1.807, 2.05) is 60.9 Å². The molecule has 2 amide bonds. The lowest BCUT2D eigenvalue weighted by atomic mass is 9.92. The zero-order valence-corrected chi connectivity index (χ0v) is 16.1. The summed E-state index contributed by atoms with van der Waals surface area (Å²) >= 11 is 0. The second-order valence-electron chi connectivity index (χ2n) is 6.70. The van der Waals surface area contributed by atoms with E-state index < -0.39 is 0 Å². The molecule has 0 aliphatic heterocycles. The molecule has 2 aromatic carbocycles. The zero-order valence-electron chi connectivity index (χ0n) is 16.1. The van der Waals surface area contributed by atoms with Gasteiger partial charge in [0.15, 0.2) is 0 Å². The van der Waals surface area contributed by atoms with Crippen LogP contribution in [0.15, 0.2) is 79.3 Å². The van der Waals surface area contributed by atoms with Gasteiger partial charge in [0.1, 0.15) is 5.75 Å². The SMILES string of the molecule is COc1cccc(NC(=O)NC[C@@H](c2cccnc2)c2c[nH]c3ccccc23)c1. The predicted octanol–water partition coefficient (Wildman–Crippen LogP) is 4.53. The van der Waals surface area contributed by atoms with Crippen molar-refractivity contribution in [3.05, 3.63) is 90.4 Å². The number of rotatable bonds is 6. The number of carbonyl (C=O) groups is 1. The molecule has 0 unspecified atom stereocenters. The molecule has 0 spiro atoms. The number of methoxy groups -OCH3 is 1. The summed E-state index contributed by atoms with van der Waals surface area (Å²) in [5.41, 5.74) is 3.90. The smallest absolute Gasteiger partial charge is 0.319 e. The Balaban J connectivity index is 1.54. The van der Waals surface area contributed by atoms with Gasteiger partial charge >= 0.3 is 6.03 Å². The Labute approximate surface area is 168 Å². The lowest BCUT2D eigenvalue weighted by molar-refractivity contribution is 0.252. The van der Waals surface area contributed by atoms with Crippen molar-refractivity contribution in [1.29, 1.82) is 0 Å². The van der Waals surface area contributed by atoms with E-state index in [0.29, 0.717) is 18.0 Å². The lowest BCUT2D eigenvalue weighted by Gasteiger charge is -2.18. The van der Waals surface area contributed by atoms with Crippen LogP contribution < -0.4 is 15.4 Å². The van der Waals surface area contributed by atoms with E-state index in [2.05, 4.69) is 26.7 Å². The molecule has 0 saturated carbocycles. The molecule has 2 heterocycles. The number of nitrogens with one attached hydrogen (secondary N) is 3. The van der Waals surface area contributed by atoms with Crippen LogP contribution in [0.25, 0.3) is 10.9 Å². The number of H-pyrrole nitrogens is 1. The average molecular weight is 386 g/mol. The first-order chi connectivity index (χ1) is 14.2. The number of ether oxygens (including phenoxy) is 1. The van der Waals surface area contributed by atoms with E-state index in [-0.39, 0.29) is 11.9 Å². The van der Waals surface area contributed by atoms with Crippen LogP contribution in [0.4, 0.5) is 10.5 Å². The highest BCUT2D eigenvalue weighted by Gasteiger charge is 2.19. The van der Waals surface area contributed by atoms with E-state index in [4.69, 9.17) is 4.74 Å². The molecule has 4 aromatic rings. The highest BCUT2D eigenvalue weighted by atomic mass is 16.5. The van der Waals surface area contributed by atoms with Crippen molar-refractivity contribution in [3.8, 4) is 5.75 Å². The van der Waals surface area contributed by atoms with Crippen molar-refractivity contribution in [3.63, 3.8) is 0 Å². The third-order valence-electron chi connectivity index (χ3n) is 4.88. The quantitative estimate of drug-likeness (QED) is 0.456. The van der Waals surface area contributed by atoms with Crippen molar-refractivity contribution in [2.45, 2.75) is 5.92 Å². The minimum Gasteiger partial charge on any atom is -0.497 e. The number of pyridine rings is 1. The molecule has 146 valence electrons. The standard InChI is InChI=1S/C23H22N4O2/c1-29-18-8-4-7-17(12-18)27-23(28)26-14-20(16-6-5-11-24-13-16)21-15-25-22-10-3-2-9-19(21)22/h2-13,15,20,25H,14H2,1H3,(H2,26,27,28)/t20-/m0/s1. The van der Waals surface area contributed by atoms with E-state index in [1.54, 1.807) is 19.4 Å². The van der Waals surface area contributed by atoms with Gasteiger partial charge in [-0.05, 0) is 35.4 Å². The molecule has 0 aliphatic rings. The van der Waals surface area contributed by atoms with Gasteiger partial charge in [0.2, 0.25) is 0 Å². The summed E-state index contributed by atoms with van der Waals surface area (Å²) in [6.45, 7) is 0.434. The van der Waals surface area contributed by atoms with Gasteiger partial charge in [-0.25, -0.2) is 4.79 Å². The molecule has 0 aliphatic carbocycles. The second-order valence-corrected chi connectivity index (χ2v) is 6.70. The third-order valence-corrected chi connectivity index (χ3v) is 4.88. The maximum atomic E-state index is 12.5. The maximum absolute atomic E-state index is 12.5. The summed E-state index contributed by atoms with van der Waals surface area (Å²) in [5.74, 6) is 0.658. The lowest BCUT2D eigenvalue weighted by Crippen LogP contribution is -2.32. The van der Waals surface area contributed by atoms with Gasteiger partial charge in [0, 0.05) is 53.7 Å². The molecule has 29 heavy (non-hydrogen) atoms. The third kappa shape index (κ3) is 4.21. The largest absolute Gasteiger partial charge is 0.497 e. The van der Waals surface area contributed by atoms with E-state index in [9.17, 15) is 4.79 Å². The first-order valence-corrected chi connectivity index (χ1v) is 9.39. The Kier molecular flexibility index (Phi) is 5.42. The van der Waals surface area contributed by atoms with Gasteiger partial charge in [0.05, 0.1) is 7.11 Å². The van der Waals surface area contributed by atoms with Crippen LogP contribution in [-0.4, -0.2) is 29.7 Å². The van der Waals surface area contributed by atoms with Crippen LogP contribution in [-0.2, 0) is 0 Å². The molecule has 0 fully saturated rings. The second kappa shape index (κ2) is 8.48. The molecule has 6 nitrogen and oxygen atoms in total. The van der Waals surface area contributed by atoms with Crippen molar-refractivity contribution in [2.75, 3.05) is 19.0 Å². The molecule has 0 radical (unpaired) electrons. The number of hydrogen-bond acceptors (Lipinski definition) is 3. The van der Waals surface area contributed by atoms with E-state index in [0.717, 1.165) is 22.0 Å². The predicted molar refractivity (Wildman–Crippen MR) is 114 cm³/mol. The van der Waals surface area contributed by atoms with Crippen molar-refractivity contribution in [2.24, 2.45) is 0 Å². The van der Waals surface area contributed by atoms with Gasteiger partial charge in [-0.3, -0.25) is 4.98 Å². The summed E-state index contributed by atoms with van der Waals surface area (Å²) in [4.78, 5) is 20.1. The first kappa shape index (κ1) is 18.6. The number of nitrogens with zero attached hydrogens (tertiary/aromatic N) is 1. The zero-order chi connectivity index (χ0) is 20.1. The first-order valence-electron chi connectivity index (χ1n) is 9.39. The number of para-hydroxylation sites is 1. The highest BCUT2D eigenvalue weighted by molar-refractivity contribution is 5.89. The van der Waals surface area contributed by atoms with Crippen molar-refractivity contribution < 1.29 is 9.53 Å².